The van der Waals surface area contributed by atoms with Gasteiger partial charge in [0.15, 0.2) is 0 Å². The minimum atomic E-state index is -0.0449. The van der Waals surface area contributed by atoms with Gasteiger partial charge >= 0.3 is 0 Å². The molecule has 2 rings (SSSR count). The van der Waals surface area contributed by atoms with Crippen LogP contribution in [0.15, 0.2) is 24.3 Å². The SMILES string of the molecule is CCC(CC)(CNC1CC(c2ccccc2F)C1)SC. The third-order valence-electron chi connectivity index (χ3n) is 4.92. The summed E-state index contributed by atoms with van der Waals surface area (Å²) in [4.78, 5) is 0. The highest BCUT2D eigenvalue weighted by atomic mass is 32.2. The number of halogens is 1. The molecule has 1 saturated carbocycles. The Bertz CT molecular complexity index is 416. The fourth-order valence-electron chi connectivity index (χ4n) is 3.04. The zero-order valence-corrected chi connectivity index (χ0v) is 13.6. The second-order valence-electron chi connectivity index (χ2n) is 5.86. The molecule has 1 fully saturated rings. The van der Waals surface area contributed by atoms with Crippen LogP contribution in [0.1, 0.15) is 51.0 Å². The van der Waals surface area contributed by atoms with Gasteiger partial charge in [0, 0.05) is 17.3 Å². The highest BCUT2D eigenvalue weighted by molar-refractivity contribution is 8.00. The van der Waals surface area contributed by atoms with Gasteiger partial charge in [-0.3, -0.25) is 0 Å². The van der Waals surface area contributed by atoms with Crippen LogP contribution in [0.3, 0.4) is 0 Å². The van der Waals surface area contributed by atoms with Gasteiger partial charge in [0.1, 0.15) is 5.82 Å². The van der Waals surface area contributed by atoms with Crippen molar-refractivity contribution >= 4 is 11.8 Å². The van der Waals surface area contributed by atoms with E-state index in [1.54, 1.807) is 12.1 Å². The summed E-state index contributed by atoms with van der Waals surface area (Å²) in [5.74, 6) is 0.358. The molecule has 112 valence electrons. The molecule has 1 aromatic rings. The molecular formula is C17H26FNS. The molecule has 0 aliphatic heterocycles. The van der Waals surface area contributed by atoms with E-state index in [-0.39, 0.29) is 5.82 Å². The molecule has 1 aliphatic carbocycles. The zero-order chi connectivity index (χ0) is 14.6. The first kappa shape index (κ1) is 15.8. The summed E-state index contributed by atoms with van der Waals surface area (Å²) in [6.07, 6.45) is 6.73. The van der Waals surface area contributed by atoms with Crippen LogP contribution < -0.4 is 5.32 Å². The standard InChI is InChI=1S/C17H26FNS/c1-4-17(5-2,20-3)12-19-14-10-13(11-14)15-8-6-7-9-16(15)18/h6-9,13-14,19H,4-5,10-12H2,1-3H3. The summed E-state index contributed by atoms with van der Waals surface area (Å²) < 4.78 is 14.1. The number of benzene rings is 1. The van der Waals surface area contributed by atoms with E-state index in [1.807, 2.05) is 23.9 Å². The summed E-state index contributed by atoms with van der Waals surface area (Å²) in [7, 11) is 0. The van der Waals surface area contributed by atoms with E-state index in [0.29, 0.717) is 16.7 Å². The largest absolute Gasteiger partial charge is 0.313 e. The van der Waals surface area contributed by atoms with Crippen LogP contribution in [-0.4, -0.2) is 23.6 Å². The number of rotatable bonds is 7. The quantitative estimate of drug-likeness (QED) is 0.790. The topological polar surface area (TPSA) is 12.0 Å². The summed E-state index contributed by atoms with van der Waals surface area (Å²) in [5, 5.41) is 3.69. The minimum Gasteiger partial charge on any atom is -0.313 e. The smallest absolute Gasteiger partial charge is 0.126 e. The predicted molar refractivity (Wildman–Crippen MR) is 87.0 cm³/mol. The lowest BCUT2D eigenvalue weighted by molar-refractivity contribution is 0.274. The molecule has 1 aliphatic rings. The first-order chi connectivity index (χ1) is 9.64. The van der Waals surface area contributed by atoms with Crippen molar-refractivity contribution in [2.24, 2.45) is 0 Å². The molecule has 1 nitrogen and oxygen atoms in total. The van der Waals surface area contributed by atoms with E-state index in [9.17, 15) is 4.39 Å². The van der Waals surface area contributed by atoms with E-state index in [4.69, 9.17) is 0 Å². The Balaban J connectivity index is 1.81. The van der Waals surface area contributed by atoms with Gasteiger partial charge in [0.05, 0.1) is 0 Å². The van der Waals surface area contributed by atoms with Crippen molar-refractivity contribution < 1.29 is 4.39 Å². The maximum atomic E-state index is 13.7. The lowest BCUT2D eigenvalue weighted by Gasteiger charge is -2.39. The van der Waals surface area contributed by atoms with E-state index >= 15 is 0 Å². The second-order valence-corrected chi connectivity index (χ2v) is 7.14. The lowest BCUT2D eigenvalue weighted by atomic mass is 9.75. The van der Waals surface area contributed by atoms with Gasteiger partial charge in [0.25, 0.3) is 0 Å². The number of thioether (sulfide) groups is 1. The molecule has 0 bridgehead atoms. The van der Waals surface area contributed by atoms with Crippen molar-refractivity contribution in [1.82, 2.24) is 5.32 Å². The molecular weight excluding hydrogens is 269 g/mol. The van der Waals surface area contributed by atoms with Crippen molar-refractivity contribution in [3.05, 3.63) is 35.6 Å². The molecule has 1 N–H and O–H groups in total. The zero-order valence-electron chi connectivity index (χ0n) is 12.8. The van der Waals surface area contributed by atoms with E-state index in [1.165, 1.54) is 12.8 Å². The van der Waals surface area contributed by atoms with Crippen molar-refractivity contribution in [3.8, 4) is 0 Å². The van der Waals surface area contributed by atoms with Gasteiger partial charge in [-0.1, -0.05) is 32.0 Å². The average Bonchev–Trinajstić information content (AvgIpc) is 2.44. The third kappa shape index (κ3) is 3.37. The lowest BCUT2D eigenvalue weighted by Crippen LogP contribution is -2.46. The molecule has 0 atom stereocenters. The van der Waals surface area contributed by atoms with Gasteiger partial charge in [-0.05, 0) is 49.5 Å². The Morgan fingerprint density at radius 2 is 1.90 bits per heavy atom. The monoisotopic (exact) mass is 295 g/mol. The average molecular weight is 295 g/mol. The van der Waals surface area contributed by atoms with E-state index in [2.05, 4.69) is 25.4 Å². The van der Waals surface area contributed by atoms with Gasteiger partial charge in [0.2, 0.25) is 0 Å². The molecule has 3 heteroatoms. The molecule has 0 aromatic heterocycles. The third-order valence-corrected chi connectivity index (χ3v) is 6.51. The number of nitrogens with one attached hydrogen (secondary N) is 1. The normalized spacial score (nSPS) is 22.6. The van der Waals surface area contributed by atoms with Crippen molar-refractivity contribution in [2.75, 3.05) is 12.8 Å². The van der Waals surface area contributed by atoms with Crippen LogP contribution in [-0.2, 0) is 0 Å². The summed E-state index contributed by atoms with van der Waals surface area (Å²) in [5.41, 5.74) is 0.896. The molecule has 0 radical (unpaired) electrons. The Hall–Kier alpha value is -0.540. The molecule has 1 aromatic carbocycles. The number of hydrogen-bond acceptors (Lipinski definition) is 2. The molecule has 0 unspecified atom stereocenters. The fourth-order valence-corrected chi connectivity index (χ4v) is 3.84. The van der Waals surface area contributed by atoms with Gasteiger partial charge in [-0.15, -0.1) is 0 Å². The Labute approximate surface area is 126 Å². The fraction of sp³-hybridized carbons (Fsp3) is 0.647. The van der Waals surface area contributed by atoms with E-state index < -0.39 is 0 Å². The Morgan fingerprint density at radius 1 is 1.25 bits per heavy atom. The summed E-state index contributed by atoms with van der Waals surface area (Å²) in [6, 6.07) is 7.77. The van der Waals surface area contributed by atoms with Crippen LogP contribution in [0.4, 0.5) is 4.39 Å². The predicted octanol–water partition coefficient (Wildman–Crippen LogP) is 4.58. The highest BCUT2D eigenvalue weighted by Crippen LogP contribution is 2.39. The highest BCUT2D eigenvalue weighted by Gasteiger charge is 2.33. The first-order valence-corrected chi connectivity index (χ1v) is 8.89. The van der Waals surface area contributed by atoms with Gasteiger partial charge < -0.3 is 5.32 Å². The summed E-state index contributed by atoms with van der Waals surface area (Å²) in [6.45, 7) is 5.60. The van der Waals surface area contributed by atoms with Crippen molar-refractivity contribution in [2.45, 2.75) is 56.2 Å². The van der Waals surface area contributed by atoms with Gasteiger partial charge in [-0.25, -0.2) is 4.39 Å². The maximum absolute atomic E-state index is 13.7. The second kappa shape index (κ2) is 6.95. The number of hydrogen-bond donors (Lipinski definition) is 1. The van der Waals surface area contributed by atoms with Crippen LogP contribution in [0.2, 0.25) is 0 Å². The van der Waals surface area contributed by atoms with Crippen molar-refractivity contribution in [1.29, 1.82) is 0 Å². The molecule has 0 amide bonds. The van der Waals surface area contributed by atoms with Crippen LogP contribution in [0, 0.1) is 5.82 Å². The van der Waals surface area contributed by atoms with E-state index in [0.717, 1.165) is 24.9 Å². The van der Waals surface area contributed by atoms with Crippen molar-refractivity contribution in [3.63, 3.8) is 0 Å². The van der Waals surface area contributed by atoms with Crippen LogP contribution in [0.5, 0.6) is 0 Å². The Morgan fingerprint density at radius 3 is 2.45 bits per heavy atom. The molecule has 20 heavy (non-hydrogen) atoms. The van der Waals surface area contributed by atoms with Crippen LogP contribution in [0.25, 0.3) is 0 Å². The Kier molecular flexibility index (Phi) is 5.50. The van der Waals surface area contributed by atoms with Crippen LogP contribution >= 0.6 is 11.8 Å². The maximum Gasteiger partial charge on any atom is 0.126 e. The van der Waals surface area contributed by atoms with Gasteiger partial charge in [-0.2, -0.15) is 11.8 Å². The molecule has 0 spiro atoms. The molecule has 0 saturated heterocycles. The first-order valence-electron chi connectivity index (χ1n) is 7.67. The minimum absolute atomic E-state index is 0.0449. The summed E-state index contributed by atoms with van der Waals surface area (Å²) >= 11 is 1.97. The molecule has 0 heterocycles.